The molecule has 3 nitrogen and oxygen atoms in total. The second-order valence-electron chi connectivity index (χ2n) is 3.76. The van der Waals surface area contributed by atoms with E-state index in [9.17, 15) is 0 Å². The molecule has 0 spiro atoms. The van der Waals surface area contributed by atoms with Crippen LogP contribution in [0.1, 0.15) is 5.56 Å². The summed E-state index contributed by atoms with van der Waals surface area (Å²) in [4.78, 5) is 4.36. The number of thioether (sulfide) groups is 1. The number of hydrogen-bond acceptors (Lipinski definition) is 3. The molecule has 4 heteroatoms. The molecule has 1 heterocycles. The second-order valence-corrected chi connectivity index (χ2v) is 4.82. The summed E-state index contributed by atoms with van der Waals surface area (Å²) in [7, 11) is 1.72. The van der Waals surface area contributed by atoms with Gasteiger partial charge in [-0.15, -0.1) is 0 Å². The van der Waals surface area contributed by atoms with Gasteiger partial charge in [0, 0.05) is 30.9 Å². The first-order valence-electron chi connectivity index (χ1n) is 5.53. The molecule has 0 fully saturated rings. The molecular weight excluding hydrogens is 232 g/mol. The minimum atomic E-state index is 0.741. The van der Waals surface area contributed by atoms with Crippen molar-refractivity contribution in [3.8, 4) is 5.69 Å². The van der Waals surface area contributed by atoms with E-state index in [0.717, 1.165) is 23.2 Å². The van der Waals surface area contributed by atoms with Crippen molar-refractivity contribution in [1.82, 2.24) is 9.55 Å². The molecule has 0 aliphatic rings. The standard InChI is InChI=1S/C13H16N2OS/c1-11-4-3-5-12(10-11)15-7-6-14-13(15)17-9-8-16-2/h3-7,10H,8-9H2,1-2H3. The van der Waals surface area contributed by atoms with E-state index in [1.807, 2.05) is 12.4 Å². The molecule has 0 atom stereocenters. The Bertz CT molecular complexity index is 482. The molecule has 17 heavy (non-hydrogen) atoms. The van der Waals surface area contributed by atoms with Crippen molar-refractivity contribution in [2.75, 3.05) is 19.5 Å². The Morgan fingerprint density at radius 3 is 3.06 bits per heavy atom. The minimum absolute atomic E-state index is 0.741. The average Bonchev–Trinajstić information content (AvgIpc) is 2.78. The van der Waals surface area contributed by atoms with E-state index in [-0.39, 0.29) is 0 Å². The van der Waals surface area contributed by atoms with Gasteiger partial charge in [-0.05, 0) is 24.6 Å². The number of rotatable bonds is 5. The number of methoxy groups -OCH3 is 1. The third-order valence-corrected chi connectivity index (χ3v) is 3.34. The first-order chi connectivity index (χ1) is 8.31. The van der Waals surface area contributed by atoms with Gasteiger partial charge < -0.3 is 4.74 Å². The largest absolute Gasteiger partial charge is 0.384 e. The maximum Gasteiger partial charge on any atom is 0.172 e. The molecule has 2 aromatic rings. The Hall–Kier alpha value is -1.26. The molecule has 0 bridgehead atoms. The van der Waals surface area contributed by atoms with Crippen LogP contribution in [0.15, 0.2) is 41.8 Å². The lowest BCUT2D eigenvalue weighted by molar-refractivity contribution is 0.218. The number of aromatic nitrogens is 2. The Morgan fingerprint density at radius 1 is 1.41 bits per heavy atom. The predicted octanol–water partition coefficient (Wildman–Crippen LogP) is 2.92. The van der Waals surface area contributed by atoms with Gasteiger partial charge in [0.1, 0.15) is 0 Å². The van der Waals surface area contributed by atoms with E-state index in [1.54, 1.807) is 18.9 Å². The molecule has 2 rings (SSSR count). The fourth-order valence-electron chi connectivity index (χ4n) is 1.59. The molecule has 0 radical (unpaired) electrons. The van der Waals surface area contributed by atoms with Gasteiger partial charge in [-0.3, -0.25) is 4.57 Å². The maximum atomic E-state index is 5.05. The van der Waals surface area contributed by atoms with Gasteiger partial charge in [0.25, 0.3) is 0 Å². The highest BCUT2D eigenvalue weighted by atomic mass is 32.2. The van der Waals surface area contributed by atoms with E-state index in [4.69, 9.17) is 4.74 Å². The van der Waals surface area contributed by atoms with Crippen molar-refractivity contribution in [2.24, 2.45) is 0 Å². The third kappa shape index (κ3) is 3.11. The lowest BCUT2D eigenvalue weighted by Gasteiger charge is -2.07. The highest BCUT2D eigenvalue weighted by molar-refractivity contribution is 7.99. The summed E-state index contributed by atoms with van der Waals surface area (Å²) in [6, 6.07) is 8.41. The van der Waals surface area contributed by atoms with Crippen molar-refractivity contribution < 1.29 is 4.74 Å². The molecule has 0 aliphatic carbocycles. The molecule has 0 saturated carbocycles. The zero-order valence-electron chi connectivity index (χ0n) is 10.1. The zero-order chi connectivity index (χ0) is 12.1. The number of aryl methyl sites for hydroxylation is 1. The molecule has 0 unspecified atom stereocenters. The molecule has 1 aromatic heterocycles. The summed E-state index contributed by atoms with van der Waals surface area (Å²) in [6.07, 6.45) is 3.82. The molecule has 90 valence electrons. The topological polar surface area (TPSA) is 27.1 Å². The van der Waals surface area contributed by atoms with E-state index < -0.39 is 0 Å². The zero-order valence-corrected chi connectivity index (χ0v) is 10.9. The van der Waals surface area contributed by atoms with Gasteiger partial charge in [0.05, 0.1) is 6.61 Å². The van der Waals surface area contributed by atoms with Gasteiger partial charge in [-0.25, -0.2) is 4.98 Å². The van der Waals surface area contributed by atoms with Crippen LogP contribution in [0, 0.1) is 6.92 Å². The van der Waals surface area contributed by atoms with Crippen LogP contribution in [-0.2, 0) is 4.74 Å². The summed E-state index contributed by atoms with van der Waals surface area (Å²) < 4.78 is 7.15. The van der Waals surface area contributed by atoms with Gasteiger partial charge >= 0.3 is 0 Å². The minimum Gasteiger partial charge on any atom is -0.384 e. The Kier molecular flexibility index (Phi) is 4.23. The third-order valence-electron chi connectivity index (χ3n) is 2.41. The monoisotopic (exact) mass is 248 g/mol. The first-order valence-corrected chi connectivity index (χ1v) is 6.52. The maximum absolute atomic E-state index is 5.05. The second kappa shape index (κ2) is 5.89. The van der Waals surface area contributed by atoms with Crippen LogP contribution in [0.25, 0.3) is 5.69 Å². The van der Waals surface area contributed by atoms with Crippen molar-refractivity contribution in [2.45, 2.75) is 12.1 Å². The quantitative estimate of drug-likeness (QED) is 0.601. The molecule has 0 aliphatic heterocycles. The summed E-state index contributed by atoms with van der Waals surface area (Å²) in [5, 5.41) is 1.01. The number of benzene rings is 1. The molecule has 0 saturated heterocycles. The van der Waals surface area contributed by atoms with Crippen molar-refractivity contribution >= 4 is 11.8 Å². The Morgan fingerprint density at radius 2 is 2.29 bits per heavy atom. The van der Waals surface area contributed by atoms with Gasteiger partial charge in [0.15, 0.2) is 5.16 Å². The van der Waals surface area contributed by atoms with Gasteiger partial charge in [0.2, 0.25) is 0 Å². The summed E-state index contributed by atoms with van der Waals surface area (Å²) in [5.74, 6) is 0.916. The fourth-order valence-corrected chi connectivity index (χ4v) is 2.46. The average molecular weight is 248 g/mol. The molecule has 0 N–H and O–H groups in total. The normalized spacial score (nSPS) is 10.7. The highest BCUT2D eigenvalue weighted by Gasteiger charge is 2.05. The van der Waals surface area contributed by atoms with Crippen LogP contribution in [0.3, 0.4) is 0 Å². The number of nitrogens with zero attached hydrogens (tertiary/aromatic N) is 2. The van der Waals surface area contributed by atoms with E-state index in [2.05, 4.69) is 40.7 Å². The van der Waals surface area contributed by atoms with Gasteiger partial charge in [-0.1, -0.05) is 23.9 Å². The lowest BCUT2D eigenvalue weighted by Crippen LogP contribution is -1.98. The smallest absolute Gasteiger partial charge is 0.172 e. The molecule has 0 amide bonds. The van der Waals surface area contributed by atoms with Crippen LogP contribution in [0.5, 0.6) is 0 Å². The fraction of sp³-hybridized carbons (Fsp3) is 0.308. The summed E-state index contributed by atoms with van der Waals surface area (Å²) >= 11 is 1.71. The number of ether oxygens (including phenoxy) is 1. The lowest BCUT2D eigenvalue weighted by atomic mass is 10.2. The first kappa shape index (κ1) is 12.2. The summed E-state index contributed by atoms with van der Waals surface area (Å²) in [5.41, 5.74) is 2.41. The Labute approximate surface area is 106 Å². The number of imidazole rings is 1. The Balaban J connectivity index is 2.18. The summed E-state index contributed by atoms with van der Waals surface area (Å²) in [6.45, 7) is 2.84. The van der Waals surface area contributed by atoms with Crippen LogP contribution >= 0.6 is 11.8 Å². The SMILES string of the molecule is COCCSc1nccn1-c1cccc(C)c1. The van der Waals surface area contributed by atoms with Crippen molar-refractivity contribution in [3.63, 3.8) is 0 Å². The van der Waals surface area contributed by atoms with Crippen LogP contribution in [0.2, 0.25) is 0 Å². The predicted molar refractivity (Wildman–Crippen MR) is 70.9 cm³/mol. The van der Waals surface area contributed by atoms with E-state index in [0.29, 0.717) is 0 Å². The van der Waals surface area contributed by atoms with Crippen molar-refractivity contribution in [1.29, 1.82) is 0 Å². The van der Waals surface area contributed by atoms with Crippen molar-refractivity contribution in [3.05, 3.63) is 42.2 Å². The van der Waals surface area contributed by atoms with Crippen LogP contribution in [-0.4, -0.2) is 29.0 Å². The van der Waals surface area contributed by atoms with E-state index in [1.165, 1.54) is 5.56 Å². The van der Waals surface area contributed by atoms with Crippen LogP contribution < -0.4 is 0 Å². The van der Waals surface area contributed by atoms with Gasteiger partial charge in [-0.2, -0.15) is 0 Å². The number of hydrogen-bond donors (Lipinski definition) is 0. The molecular formula is C13H16N2OS. The highest BCUT2D eigenvalue weighted by Crippen LogP contribution is 2.20. The molecule has 1 aromatic carbocycles. The van der Waals surface area contributed by atoms with E-state index >= 15 is 0 Å². The van der Waals surface area contributed by atoms with Crippen LogP contribution in [0.4, 0.5) is 0 Å².